The van der Waals surface area contributed by atoms with Crippen LogP contribution in [0, 0.1) is 5.92 Å². The molecule has 0 saturated carbocycles. The highest BCUT2D eigenvalue weighted by Crippen LogP contribution is 2.53. The maximum Gasteiger partial charge on any atom is 0.236 e. The topological polar surface area (TPSA) is 72.1 Å². The van der Waals surface area contributed by atoms with Crippen molar-refractivity contribution in [3.63, 3.8) is 0 Å². The molecule has 1 amide bonds. The van der Waals surface area contributed by atoms with Gasteiger partial charge in [-0.25, -0.2) is 0 Å². The summed E-state index contributed by atoms with van der Waals surface area (Å²) in [5, 5.41) is 7.42. The molecule has 0 spiro atoms. The van der Waals surface area contributed by atoms with Crippen molar-refractivity contribution in [2.45, 2.75) is 18.7 Å². The second-order valence-corrected chi connectivity index (χ2v) is 9.27. The molecule has 180 valence electrons. The average Bonchev–Trinajstić information content (AvgIpc) is 2.85. The Morgan fingerprint density at radius 3 is 2.46 bits per heavy atom. The van der Waals surface area contributed by atoms with Crippen LogP contribution in [0.25, 0.3) is 0 Å². The number of fused-ring (bicyclic) bond motifs is 4. The molecule has 3 aromatic carbocycles. The van der Waals surface area contributed by atoms with Crippen molar-refractivity contribution in [2.75, 3.05) is 24.4 Å². The van der Waals surface area contributed by atoms with Crippen LogP contribution in [0.15, 0.2) is 66.7 Å². The van der Waals surface area contributed by atoms with Crippen LogP contribution in [0.2, 0.25) is 5.02 Å². The maximum atomic E-state index is 13.9. The zero-order valence-electron chi connectivity index (χ0n) is 19.4. The van der Waals surface area contributed by atoms with Gasteiger partial charge in [0, 0.05) is 16.3 Å². The SMILES string of the molecule is COc1ccccc1N1C(=S)N[C@@H]2c3cccc(OC)c3O[C@]1(C)[C@H]2C(=O)Nc1ccc(Cl)cc1. The minimum Gasteiger partial charge on any atom is -0.495 e. The Kier molecular flexibility index (Phi) is 5.94. The highest BCUT2D eigenvalue weighted by atomic mass is 35.5. The van der Waals surface area contributed by atoms with Gasteiger partial charge in [-0.15, -0.1) is 0 Å². The van der Waals surface area contributed by atoms with E-state index in [0.29, 0.717) is 38.8 Å². The Balaban J connectivity index is 1.66. The number of hydrogen-bond acceptors (Lipinski definition) is 5. The van der Waals surface area contributed by atoms with E-state index >= 15 is 0 Å². The number of carbonyl (C=O) groups excluding carboxylic acids is 1. The Bertz CT molecular complexity index is 1300. The van der Waals surface area contributed by atoms with Gasteiger partial charge in [0.05, 0.1) is 25.9 Å². The van der Waals surface area contributed by atoms with E-state index in [0.717, 1.165) is 5.56 Å². The molecule has 2 heterocycles. The summed E-state index contributed by atoms with van der Waals surface area (Å²) < 4.78 is 17.9. The van der Waals surface area contributed by atoms with E-state index in [2.05, 4.69) is 10.6 Å². The number of amides is 1. The molecule has 7 nitrogen and oxygen atoms in total. The number of nitrogens with zero attached hydrogens (tertiary/aromatic N) is 1. The Hall–Kier alpha value is -3.49. The van der Waals surface area contributed by atoms with Gasteiger partial charge < -0.3 is 24.8 Å². The molecule has 9 heteroatoms. The molecule has 3 atom stereocenters. The third-order valence-corrected chi connectivity index (χ3v) is 6.98. The zero-order chi connectivity index (χ0) is 24.7. The predicted octanol–water partition coefficient (Wildman–Crippen LogP) is 5.16. The molecule has 1 fully saturated rings. The van der Waals surface area contributed by atoms with Gasteiger partial charge in [0.1, 0.15) is 11.7 Å². The summed E-state index contributed by atoms with van der Waals surface area (Å²) in [5.41, 5.74) is 0.889. The van der Waals surface area contributed by atoms with Crippen LogP contribution >= 0.6 is 23.8 Å². The molecule has 0 radical (unpaired) electrons. The Morgan fingerprint density at radius 1 is 1.06 bits per heavy atom. The molecule has 35 heavy (non-hydrogen) atoms. The molecule has 1 saturated heterocycles. The number of para-hydroxylation sites is 3. The van der Waals surface area contributed by atoms with Crippen LogP contribution in [0.1, 0.15) is 18.5 Å². The molecule has 5 rings (SSSR count). The minimum absolute atomic E-state index is 0.233. The van der Waals surface area contributed by atoms with Crippen molar-refractivity contribution in [3.8, 4) is 17.2 Å². The molecule has 2 aliphatic heterocycles. The van der Waals surface area contributed by atoms with Crippen LogP contribution in [-0.2, 0) is 4.79 Å². The van der Waals surface area contributed by atoms with Crippen molar-refractivity contribution < 1.29 is 19.0 Å². The van der Waals surface area contributed by atoms with Crippen LogP contribution in [-0.4, -0.2) is 31.0 Å². The molecule has 0 unspecified atom stereocenters. The van der Waals surface area contributed by atoms with Crippen molar-refractivity contribution in [1.29, 1.82) is 0 Å². The summed E-state index contributed by atoms with van der Waals surface area (Å²) in [6.45, 7) is 1.86. The third-order valence-electron chi connectivity index (χ3n) is 6.43. The van der Waals surface area contributed by atoms with Gasteiger partial charge in [-0.05, 0) is 61.6 Å². The number of nitrogens with one attached hydrogen (secondary N) is 2. The Morgan fingerprint density at radius 2 is 1.74 bits per heavy atom. The monoisotopic (exact) mass is 509 g/mol. The van der Waals surface area contributed by atoms with Gasteiger partial charge in [-0.3, -0.25) is 9.69 Å². The van der Waals surface area contributed by atoms with Gasteiger partial charge in [0.25, 0.3) is 0 Å². The summed E-state index contributed by atoms with van der Waals surface area (Å²) in [4.78, 5) is 15.7. The minimum atomic E-state index is -1.21. The van der Waals surface area contributed by atoms with Gasteiger partial charge in [0.2, 0.25) is 5.91 Å². The third kappa shape index (κ3) is 3.83. The van der Waals surface area contributed by atoms with Gasteiger partial charge >= 0.3 is 0 Å². The second-order valence-electron chi connectivity index (χ2n) is 8.44. The van der Waals surface area contributed by atoms with E-state index in [1.54, 1.807) is 43.4 Å². The molecule has 2 N–H and O–H groups in total. The lowest BCUT2D eigenvalue weighted by molar-refractivity contribution is -0.130. The first-order chi connectivity index (χ1) is 16.9. The zero-order valence-corrected chi connectivity index (χ0v) is 20.9. The summed E-state index contributed by atoms with van der Waals surface area (Å²) in [7, 11) is 3.18. The Labute approximate surface area is 213 Å². The second kappa shape index (κ2) is 8.94. The lowest BCUT2D eigenvalue weighted by Gasteiger charge is -2.56. The number of thiocarbonyl (C=S) groups is 1. The van der Waals surface area contributed by atoms with Crippen LogP contribution in [0.4, 0.5) is 11.4 Å². The van der Waals surface area contributed by atoms with E-state index in [1.165, 1.54) is 0 Å². The fourth-order valence-electron chi connectivity index (χ4n) is 4.86. The number of methoxy groups -OCH3 is 2. The van der Waals surface area contributed by atoms with E-state index in [9.17, 15) is 4.79 Å². The summed E-state index contributed by atoms with van der Waals surface area (Å²) in [6.07, 6.45) is 0. The molecular weight excluding hydrogens is 486 g/mol. The van der Waals surface area contributed by atoms with E-state index in [-0.39, 0.29) is 5.91 Å². The number of benzene rings is 3. The highest BCUT2D eigenvalue weighted by molar-refractivity contribution is 7.80. The predicted molar refractivity (Wildman–Crippen MR) is 140 cm³/mol. The van der Waals surface area contributed by atoms with Crippen LogP contribution in [0.5, 0.6) is 17.2 Å². The smallest absolute Gasteiger partial charge is 0.236 e. The van der Waals surface area contributed by atoms with Crippen molar-refractivity contribution in [1.82, 2.24) is 5.32 Å². The lowest BCUT2D eigenvalue weighted by atomic mass is 9.78. The molecular formula is C26H24ClN3O4S. The summed E-state index contributed by atoms with van der Waals surface area (Å²) in [6, 6.07) is 19.6. The fourth-order valence-corrected chi connectivity index (χ4v) is 5.40. The first kappa shape index (κ1) is 23.3. The van der Waals surface area contributed by atoms with Crippen LogP contribution < -0.4 is 29.7 Å². The fraction of sp³-hybridized carbons (Fsp3) is 0.231. The number of ether oxygens (including phenoxy) is 3. The number of hydrogen-bond donors (Lipinski definition) is 2. The molecule has 2 aliphatic rings. The standard InChI is InChI=1S/C26H24ClN3O4S/c1-26-21(24(31)28-16-13-11-15(27)12-14-16)22(17-7-6-10-20(33-3)23(17)34-26)29-25(35)30(26)18-8-4-5-9-19(18)32-2/h4-14,21-22H,1-3H3,(H,28,31)(H,29,35)/t21-,22-,26-/m1/s1. The van der Waals surface area contributed by atoms with E-state index in [1.807, 2.05) is 49.4 Å². The summed E-state index contributed by atoms with van der Waals surface area (Å²) in [5.74, 6) is 0.804. The molecule has 0 aliphatic carbocycles. The molecule has 3 aromatic rings. The van der Waals surface area contributed by atoms with Gasteiger partial charge in [-0.1, -0.05) is 35.9 Å². The summed E-state index contributed by atoms with van der Waals surface area (Å²) >= 11 is 11.8. The van der Waals surface area contributed by atoms with E-state index < -0.39 is 17.7 Å². The largest absolute Gasteiger partial charge is 0.495 e. The first-order valence-electron chi connectivity index (χ1n) is 11.0. The van der Waals surface area contributed by atoms with Gasteiger partial charge in [0.15, 0.2) is 22.3 Å². The number of rotatable bonds is 5. The van der Waals surface area contributed by atoms with Crippen molar-refractivity contribution in [3.05, 3.63) is 77.3 Å². The highest BCUT2D eigenvalue weighted by Gasteiger charge is 2.60. The van der Waals surface area contributed by atoms with Crippen LogP contribution in [0.3, 0.4) is 0 Å². The van der Waals surface area contributed by atoms with E-state index in [4.69, 9.17) is 38.0 Å². The maximum absolute atomic E-state index is 13.9. The van der Waals surface area contributed by atoms with Crippen molar-refractivity contribution >= 4 is 46.2 Å². The van der Waals surface area contributed by atoms with Crippen molar-refractivity contribution in [2.24, 2.45) is 5.92 Å². The average molecular weight is 510 g/mol. The normalized spacial score (nSPS) is 22.4. The number of carbonyl (C=O) groups is 1. The number of halogens is 1. The number of anilines is 2. The quantitative estimate of drug-likeness (QED) is 0.460. The first-order valence-corrected chi connectivity index (χ1v) is 11.8. The van der Waals surface area contributed by atoms with Gasteiger partial charge in [-0.2, -0.15) is 0 Å². The lowest BCUT2D eigenvalue weighted by Crippen LogP contribution is -2.72. The molecule has 0 aromatic heterocycles. The molecule has 2 bridgehead atoms.